The maximum absolute atomic E-state index is 2.40. The Morgan fingerprint density at radius 2 is 0.640 bits per heavy atom. The van der Waals surface area contributed by atoms with E-state index in [0.717, 1.165) is 34.1 Å². The fourth-order valence-corrected chi connectivity index (χ4v) is 8.48. The van der Waals surface area contributed by atoms with Crippen molar-refractivity contribution in [2.24, 2.45) is 0 Å². The van der Waals surface area contributed by atoms with Crippen LogP contribution in [0.3, 0.4) is 0 Å². The third-order valence-corrected chi connectivity index (χ3v) is 11.0. The Kier molecular flexibility index (Phi) is 6.86. The lowest BCUT2D eigenvalue weighted by Gasteiger charge is -2.30. The number of hydrogen-bond acceptors (Lipinski definition) is 2. The van der Waals surface area contributed by atoms with Gasteiger partial charge in [0.2, 0.25) is 0 Å². The average Bonchev–Trinajstić information content (AvgIpc) is 3.52. The summed E-state index contributed by atoms with van der Waals surface area (Å²) in [6, 6.07) is 62.2. The Morgan fingerprint density at radius 3 is 1.20 bits per heavy atom. The number of anilines is 6. The van der Waals surface area contributed by atoms with E-state index in [-0.39, 0.29) is 10.8 Å². The molecule has 0 aromatic heterocycles. The van der Waals surface area contributed by atoms with Gasteiger partial charge in [-0.3, -0.25) is 0 Å². The highest BCUT2D eigenvalue weighted by Gasteiger charge is 2.37. The second-order valence-corrected chi connectivity index (χ2v) is 14.7. The highest BCUT2D eigenvalue weighted by molar-refractivity contribution is 5.88. The fourth-order valence-electron chi connectivity index (χ4n) is 8.48. The first kappa shape index (κ1) is 30.2. The first-order valence-electron chi connectivity index (χ1n) is 17.6. The number of rotatable bonds is 6. The average molecular weight is 645 g/mol. The van der Waals surface area contributed by atoms with Gasteiger partial charge in [0.15, 0.2) is 0 Å². The van der Waals surface area contributed by atoms with E-state index < -0.39 is 0 Å². The van der Waals surface area contributed by atoms with Crippen LogP contribution in [0.5, 0.6) is 0 Å². The maximum Gasteiger partial charge on any atom is 0.0468 e. The summed E-state index contributed by atoms with van der Waals surface area (Å²) < 4.78 is 0. The van der Waals surface area contributed by atoms with Crippen molar-refractivity contribution in [3.63, 3.8) is 0 Å². The van der Waals surface area contributed by atoms with Crippen LogP contribution in [0.1, 0.15) is 49.9 Å². The molecule has 7 aromatic rings. The molecule has 2 nitrogen and oxygen atoms in total. The second kappa shape index (κ2) is 11.4. The van der Waals surface area contributed by atoms with Crippen molar-refractivity contribution >= 4 is 34.1 Å². The van der Waals surface area contributed by atoms with Gasteiger partial charge in [0, 0.05) is 45.0 Å². The third kappa shape index (κ3) is 4.63. The van der Waals surface area contributed by atoms with Gasteiger partial charge in [-0.05, 0) is 117 Å². The predicted molar refractivity (Wildman–Crippen MR) is 211 cm³/mol. The van der Waals surface area contributed by atoms with Gasteiger partial charge in [0.1, 0.15) is 0 Å². The van der Waals surface area contributed by atoms with Gasteiger partial charge in [0.05, 0.1) is 0 Å². The topological polar surface area (TPSA) is 6.48 Å². The number of benzene rings is 7. The zero-order valence-corrected chi connectivity index (χ0v) is 29.1. The quantitative estimate of drug-likeness (QED) is 0.178. The van der Waals surface area contributed by atoms with E-state index >= 15 is 0 Å². The molecule has 7 aromatic carbocycles. The summed E-state index contributed by atoms with van der Waals surface area (Å²) in [6.07, 6.45) is 0. The molecule has 2 aliphatic rings. The smallest absolute Gasteiger partial charge is 0.0468 e. The molecule has 9 rings (SSSR count). The van der Waals surface area contributed by atoms with Crippen LogP contribution in [0.4, 0.5) is 34.1 Å². The highest BCUT2D eigenvalue weighted by Crippen LogP contribution is 2.52. The normalized spacial score (nSPS) is 14.3. The van der Waals surface area contributed by atoms with Crippen molar-refractivity contribution in [2.75, 3.05) is 9.80 Å². The van der Waals surface area contributed by atoms with Crippen LogP contribution in [0, 0.1) is 0 Å². The van der Waals surface area contributed by atoms with Crippen molar-refractivity contribution in [1.29, 1.82) is 0 Å². The molecular weight excluding hydrogens is 605 g/mol. The second-order valence-electron chi connectivity index (χ2n) is 14.7. The van der Waals surface area contributed by atoms with Crippen LogP contribution in [-0.2, 0) is 10.8 Å². The molecule has 0 fully saturated rings. The molecule has 50 heavy (non-hydrogen) atoms. The number of nitrogens with zero attached hydrogens (tertiary/aromatic N) is 2. The van der Waals surface area contributed by atoms with Gasteiger partial charge in [-0.25, -0.2) is 0 Å². The minimum atomic E-state index is -0.0735. The summed E-state index contributed by atoms with van der Waals surface area (Å²) in [5.74, 6) is 0. The molecule has 0 amide bonds. The Hall–Kier alpha value is -5.86. The van der Waals surface area contributed by atoms with E-state index in [1.165, 1.54) is 44.5 Å². The van der Waals surface area contributed by atoms with E-state index in [9.17, 15) is 0 Å². The van der Waals surface area contributed by atoms with E-state index in [1.807, 2.05) is 0 Å². The summed E-state index contributed by atoms with van der Waals surface area (Å²) in [6.45, 7) is 9.37. The van der Waals surface area contributed by atoms with Crippen LogP contribution in [0.25, 0.3) is 22.3 Å². The Morgan fingerprint density at radius 1 is 0.280 bits per heavy atom. The molecule has 2 heteroatoms. The summed E-state index contributed by atoms with van der Waals surface area (Å²) >= 11 is 0. The summed E-state index contributed by atoms with van der Waals surface area (Å²) in [4.78, 5) is 4.75. The van der Waals surface area contributed by atoms with Gasteiger partial charge in [0.25, 0.3) is 0 Å². The van der Waals surface area contributed by atoms with Gasteiger partial charge in [-0.1, -0.05) is 125 Å². The lowest BCUT2D eigenvalue weighted by molar-refractivity contribution is 0.660. The molecule has 0 atom stereocenters. The molecule has 242 valence electrons. The number of hydrogen-bond donors (Lipinski definition) is 0. The molecule has 0 heterocycles. The van der Waals surface area contributed by atoms with Crippen molar-refractivity contribution in [1.82, 2.24) is 0 Å². The minimum absolute atomic E-state index is 0.0276. The number of fused-ring (bicyclic) bond motifs is 6. The van der Waals surface area contributed by atoms with Crippen LogP contribution >= 0.6 is 0 Å². The van der Waals surface area contributed by atoms with Crippen molar-refractivity contribution < 1.29 is 0 Å². The Labute approximate surface area is 295 Å². The number of para-hydroxylation sites is 2. The first-order chi connectivity index (χ1) is 24.3. The van der Waals surface area contributed by atoms with Gasteiger partial charge in [-0.2, -0.15) is 0 Å². The molecule has 0 bridgehead atoms. The molecule has 0 radical (unpaired) electrons. The molecule has 0 aliphatic heterocycles. The first-order valence-corrected chi connectivity index (χ1v) is 17.6. The van der Waals surface area contributed by atoms with E-state index in [2.05, 4.69) is 207 Å². The van der Waals surface area contributed by atoms with Crippen LogP contribution in [-0.4, -0.2) is 0 Å². The fraction of sp³-hybridized carbons (Fsp3) is 0.125. The Balaban J connectivity index is 1.14. The zero-order chi connectivity index (χ0) is 34.0. The predicted octanol–water partition coefficient (Wildman–Crippen LogP) is 13.2. The summed E-state index contributed by atoms with van der Waals surface area (Å²) in [7, 11) is 0. The van der Waals surface area contributed by atoms with E-state index in [1.54, 1.807) is 0 Å². The van der Waals surface area contributed by atoms with Gasteiger partial charge >= 0.3 is 0 Å². The van der Waals surface area contributed by atoms with Gasteiger partial charge in [-0.15, -0.1) is 0 Å². The van der Waals surface area contributed by atoms with Crippen molar-refractivity contribution in [3.05, 3.63) is 192 Å². The van der Waals surface area contributed by atoms with Crippen LogP contribution in [0.2, 0.25) is 0 Å². The molecular formula is C48H40N2. The van der Waals surface area contributed by atoms with Crippen LogP contribution in [0.15, 0.2) is 170 Å². The summed E-state index contributed by atoms with van der Waals surface area (Å²) in [5, 5.41) is 0. The lowest BCUT2D eigenvalue weighted by Crippen LogP contribution is -2.16. The molecule has 0 spiro atoms. The zero-order valence-electron chi connectivity index (χ0n) is 29.1. The Bertz CT molecular complexity index is 2370. The minimum Gasteiger partial charge on any atom is -0.310 e. The summed E-state index contributed by atoms with van der Waals surface area (Å²) in [5.41, 5.74) is 17.5. The molecule has 0 unspecified atom stereocenters. The maximum atomic E-state index is 2.40. The standard InChI is InChI=1S/C48H40N2/c1-47(2)44-22-14-12-20-40(44)42-31-37(28-30-45(42)47)49(33-15-7-5-8-16-33)35-23-25-36(26-24-35)50(34-17-9-6-10-18-34)38-27-29-41-39-19-11-13-21-43(39)48(3,4)46(41)32-38/h5-32H,1-4H3. The largest absolute Gasteiger partial charge is 0.310 e. The molecule has 0 N–H and O–H groups in total. The third-order valence-electron chi connectivity index (χ3n) is 11.0. The van der Waals surface area contributed by atoms with Gasteiger partial charge < -0.3 is 9.80 Å². The van der Waals surface area contributed by atoms with Crippen molar-refractivity contribution in [2.45, 2.75) is 38.5 Å². The van der Waals surface area contributed by atoms with E-state index in [0.29, 0.717) is 0 Å². The molecule has 2 aliphatic carbocycles. The molecule has 0 saturated carbocycles. The lowest BCUT2D eigenvalue weighted by atomic mass is 9.82. The monoisotopic (exact) mass is 644 g/mol. The highest BCUT2D eigenvalue weighted by atomic mass is 15.2. The SMILES string of the molecule is CC1(C)c2ccccc2-c2cc(N(c3ccccc3)c3ccc(N(c4ccccc4)c4ccc5c(c4)C(C)(C)c4ccccc4-5)cc3)ccc21. The molecule has 0 saturated heterocycles. The van der Waals surface area contributed by atoms with Crippen molar-refractivity contribution in [3.8, 4) is 22.3 Å². The van der Waals surface area contributed by atoms with E-state index in [4.69, 9.17) is 0 Å². The van der Waals surface area contributed by atoms with Crippen LogP contribution < -0.4 is 9.80 Å².